The zero-order chi connectivity index (χ0) is 22.8. The molecule has 2 amide bonds. The summed E-state index contributed by atoms with van der Waals surface area (Å²) in [5.74, 6) is 2.03. The van der Waals surface area contributed by atoms with Crippen molar-refractivity contribution >= 4 is 25.3 Å². The highest BCUT2D eigenvalue weighted by atomic mass is 32.1. The van der Waals surface area contributed by atoms with Crippen molar-refractivity contribution in [2.45, 2.75) is 38.4 Å². The highest BCUT2D eigenvalue weighted by Gasteiger charge is 2.42. The number of hydrogen-bond donors (Lipinski definition) is 0. The van der Waals surface area contributed by atoms with Gasteiger partial charge in [-0.25, -0.2) is 0 Å². The first-order valence-corrected chi connectivity index (χ1v) is 12.1. The van der Waals surface area contributed by atoms with Gasteiger partial charge in [0.25, 0.3) is 0 Å². The zero-order valence-corrected chi connectivity index (χ0v) is 20.9. The lowest BCUT2D eigenvalue weighted by molar-refractivity contribution is -0.145. The van der Waals surface area contributed by atoms with Crippen LogP contribution in [-0.4, -0.2) is 65.8 Å². The second-order valence-electron chi connectivity index (χ2n) is 9.81. The Balaban J connectivity index is 0.00000274. The minimum absolute atomic E-state index is 0. The Labute approximate surface area is 209 Å². The number of hydrogen-bond acceptors (Lipinski definition) is 4. The SMILES string of the molecule is COc1ccc(CN2C(=O)CC[C@H]2C(=O)N2CC3CC(CN(Cc4ccccc4)C3)C2)cc1.S. The van der Waals surface area contributed by atoms with Crippen molar-refractivity contribution in [3.8, 4) is 5.75 Å². The minimum atomic E-state index is -0.334. The topological polar surface area (TPSA) is 53.1 Å². The number of amides is 2. The van der Waals surface area contributed by atoms with E-state index >= 15 is 0 Å². The van der Waals surface area contributed by atoms with Crippen molar-refractivity contribution in [2.75, 3.05) is 33.3 Å². The Morgan fingerprint density at radius 3 is 2.21 bits per heavy atom. The van der Waals surface area contributed by atoms with Gasteiger partial charge in [-0.1, -0.05) is 42.5 Å². The fourth-order valence-corrected chi connectivity index (χ4v) is 5.87. The summed E-state index contributed by atoms with van der Waals surface area (Å²) < 4.78 is 5.23. The van der Waals surface area contributed by atoms with E-state index in [0.717, 1.165) is 44.0 Å². The molecule has 3 atom stereocenters. The lowest BCUT2D eigenvalue weighted by atomic mass is 9.84. The third-order valence-electron chi connectivity index (χ3n) is 7.34. The van der Waals surface area contributed by atoms with Gasteiger partial charge < -0.3 is 14.5 Å². The maximum Gasteiger partial charge on any atom is 0.245 e. The lowest BCUT2D eigenvalue weighted by Gasteiger charge is -2.46. The lowest BCUT2D eigenvalue weighted by Crippen LogP contribution is -2.57. The fourth-order valence-electron chi connectivity index (χ4n) is 5.87. The molecule has 6 nitrogen and oxygen atoms in total. The standard InChI is InChI=1S/C27H33N3O3.H2S/c1-33-24-9-7-21(8-10-24)19-30-25(11-12-26(30)31)27(32)29-17-22-13-23(18-29)16-28(15-22)14-20-5-3-2-4-6-20;/h2-10,22-23,25H,11-19H2,1H3;1H2/t22?,23?,25-;/m0./s1. The number of rotatable bonds is 6. The maximum atomic E-state index is 13.5. The summed E-state index contributed by atoms with van der Waals surface area (Å²) in [4.78, 5) is 32.6. The monoisotopic (exact) mass is 481 g/mol. The van der Waals surface area contributed by atoms with E-state index in [1.54, 1.807) is 12.0 Å². The van der Waals surface area contributed by atoms with Crippen molar-refractivity contribution < 1.29 is 14.3 Å². The number of carbonyl (C=O) groups excluding carboxylic acids is 2. The molecule has 0 N–H and O–H groups in total. The molecule has 3 heterocycles. The molecule has 34 heavy (non-hydrogen) atoms. The van der Waals surface area contributed by atoms with Gasteiger partial charge in [-0.3, -0.25) is 14.5 Å². The molecule has 3 fully saturated rings. The fraction of sp³-hybridized carbons (Fsp3) is 0.481. The number of benzene rings is 2. The van der Waals surface area contributed by atoms with Gasteiger partial charge in [-0.2, -0.15) is 13.5 Å². The van der Waals surface area contributed by atoms with Gasteiger partial charge in [-0.05, 0) is 47.9 Å². The molecular formula is C27H35N3O3S. The first kappa shape index (κ1) is 24.6. The summed E-state index contributed by atoms with van der Waals surface area (Å²) in [6.45, 7) is 5.14. The highest BCUT2D eigenvalue weighted by Crippen LogP contribution is 2.32. The molecule has 182 valence electrons. The number of ether oxygens (including phenoxy) is 1. The van der Waals surface area contributed by atoms with Crippen LogP contribution in [0.3, 0.4) is 0 Å². The number of carbonyl (C=O) groups is 2. The third kappa shape index (κ3) is 5.41. The number of likely N-dealkylation sites (tertiary alicyclic amines) is 3. The van der Waals surface area contributed by atoms with E-state index < -0.39 is 0 Å². The third-order valence-corrected chi connectivity index (χ3v) is 7.34. The summed E-state index contributed by atoms with van der Waals surface area (Å²) in [5, 5.41) is 0. The average Bonchev–Trinajstić information content (AvgIpc) is 3.19. The van der Waals surface area contributed by atoms with Crippen LogP contribution in [0, 0.1) is 11.8 Å². The molecule has 2 bridgehead atoms. The molecule has 0 spiro atoms. The molecule has 0 aromatic heterocycles. The van der Waals surface area contributed by atoms with Crippen LogP contribution in [0.15, 0.2) is 54.6 Å². The number of nitrogens with zero attached hydrogens (tertiary/aromatic N) is 3. The number of methoxy groups -OCH3 is 1. The molecule has 5 rings (SSSR count). The van der Waals surface area contributed by atoms with Crippen LogP contribution >= 0.6 is 13.5 Å². The summed E-state index contributed by atoms with van der Waals surface area (Å²) in [5.41, 5.74) is 2.37. The molecule has 0 radical (unpaired) electrons. The highest BCUT2D eigenvalue weighted by molar-refractivity contribution is 7.59. The van der Waals surface area contributed by atoms with Crippen molar-refractivity contribution in [2.24, 2.45) is 11.8 Å². The second-order valence-corrected chi connectivity index (χ2v) is 9.81. The van der Waals surface area contributed by atoms with Crippen LogP contribution < -0.4 is 4.74 Å². The van der Waals surface area contributed by atoms with E-state index in [1.807, 2.05) is 24.3 Å². The molecule has 2 unspecified atom stereocenters. The molecule has 3 aliphatic heterocycles. The minimum Gasteiger partial charge on any atom is -0.497 e. The van der Waals surface area contributed by atoms with E-state index in [0.29, 0.717) is 31.2 Å². The van der Waals surface area contributed by atoms with Crippen LogP contribution in [0.25, 0.3) is 0 Å². The van der Waals surface area contributed by atoms with E-state index in [9.17, 15) is 9.59 Å². The molecule has 0 aliphatic carbocycles. The van der Waals surface area contributed by atoms with Gasteiger partial charge in [0.15, 0.2) is 0 Å². The summed E-state index contributed by atoms with van der Waals surface area (Å²) >= 11 is 0. The Morgan fingerprint density at radius 1 is 0.912 bits per heavy atom. The van der Waals surface area contributed by atoms with Crippen molar-refractivity contribution in [3.05, 3.63) is 65.7 Å². The Hall–Kier alpha value is -2.51. The predicted octanol–water partition coefficient (Wildman–Crippen LogP) is 3.28. The molecular weight excluding hydrogens is 446 g/mol. The Morgan fingerprint density at radius 2 is 1.56 bits per heavy atom. The van der Waals surface area contributed by atoms with E-state index in [-0.39, 0.29) is 31.4 Å². The molecule has 3 aliphatic rings. The molecule has 3 saturated heterocycles. The smallest absolute Gasteiger partial charge is 0.245 e. The molecule has 7 heteroatoms. The zero-order valence-electron chi connectivity index (χ0n) is 19.9. The van der Waals surface area contributed by atoms with Crippen LogP contribution in [0.1, 0.15) is 30.4 Å². The summed E-state index contributed by atoms with van der Waals surface area (Å²) in [6.07, 6.45) is 2.28. The number of piperidine rings is 2. The first-order chi connectivity index (χ1) is 16.1. The Kier molecular flexibility index (Phi) is 7.84. The molecule has 2 aromatic carbocycles. The van der Waals surface area contributed by atoms with Gasteiger partial charge in [-0.15, -0.1) is 0 Å². The van der Waals surface area contributed by atoms with Crippen molar-refractivity contribution in [1.29, 1.82) is 0 Å². The normalized spacial score (nSPS) is 24.6. The maximum absolute atomic E-state index is 13.5. The Bertz CT molecular complexity index is 970. The van der Waals surface area contributed by atoms with Gasteiger partial charge >= 0.3 is 0 Å². The quantitative estimate of drug-likeness (QED) is 0.636. The number of fused-ring (bicyclic) bond motifs is 2. The first-order valence-electron chi connectivity index (χ1n) is 12.1. The van der Waals surface area contributed by atoms with E-state index in [4.69, 9.17) is 4.74 Å². The van der Waals surface area contributed by atoms with Gasteiger partial charge in [0.05, 0.1) is 7.11 Å². The van der Waals surface area contributed by atoms with Crippen LogP contribution in [0.5, 0.6) is 5.75 Å². The van der Waals surface area contributed by atoms with Gasteiger partial charge in [0.2, 0.25) is 11.8 Å². The van der Waals surface area contributed by atoms with Crippen molar-refractivity contribution in [1.82, 2.24) is 14.7 Å². The van der Waals surface area contributed by atoms with Crippen LogP contribution in [0.4, 0.5) is 0 Å². The largest absolute Gasteiger partial charge is 0.497 e. The van der Waals surface area contributed by atoms with E-state index in [2.05, 4.69) is 40.1 Å². The molecule has 0 saturated carbocycles. The second kappa shape index (κ2) is 10.8. The summed E-state index contributed by atoms with van der Waals surface area (Å²) in [6, 6.07) is 18.0. The van der Waals surface area contributed by atoms with Gasteiger partial charge in [0.1, 0.15) is 11.8 Å². The predicted molar refractivity (Wildman–Crippen MR) is 137 cm³/mol. The van der Waals surface area contributed by atoms with Crippen LogP contribution in [0.2, 0.25) is 0 Å². The van der Waals surface area contributed by atoms with Crippen LogP contribution in [-0.2, 0) is 22.7 Å². The summed E-state index contributed by atoms with van der Waals surface area (Å²) in [7, 11) is 1.64. The van der Waals surface area contributed by atoms with Gasteiger partial charge in [0, 0.05) is 45.7 Å². The van der Waals surface area contributed by atoms with E-state index in [1.165, 1.54) is 12.0 Å². The molecule has 2 aromatic rings. The average molecular weight is 482 g/mol. The van der Waals surface area contributed by atoms with Crippen molar-refractivity contribution in [3.63, 3.8) is 0 Å².